The molecule has 0 saturated carbocycles. The van der Waals surface area contributed by atoms with Crippen molar-refractivity contribution in [2.45, 2.75) is 62.5 Å². The second-order valence-corrected chi connectivity index (χ2v) is 9.18. The van der Waals surface area contributed by atoms with Gasteiger partial charge in [-0.3, -0.25) is 4.99 Å². The maximum absolute atomic E-state index is 10.3. The molecule has 0 radical (unpaired) electrons. The highest BCUT2D eigenvalue weighted by atomic mass is 16.7. The second-order valence-electron chi connectivity index (χ2n) is 9.18. The van der Waals surface area contributed by atoms with Gasteiger partial charge in [0.2, 0.25) is 0 Å². The summed E-state index contributed by atoms with van der Waals surface area (Å²) in [7, 11) is -3.53. The molecular formula is C18H26B4N2O8. The molecule has 10 nitrogen and oxygen atoms in total. The summed E-state index contributed by atoms with van der Waals surface area (Å²) in [6, 6.07) is 2.31. The lowest BCUT2D eigenvalue weighted by molar-refractivity contribution is 0.222. The Balaban J connectivity index is 1.74. The molecular weight excluding hydrogens is 415 g/mol. The van der Waals surface area contributed by atoms with E-state index in [2.05, 4.69) is 11.1 Å². The molecule has 168 valence electrons. The number of hydrogen-bond acceptors (Lipinski definition) is 10. The summed E-state index contributed by atoms with van der Waals surface area (Å²) in [5, 5.41) is 7.68. The minimum atomic E-state index is -1.36. The Morgan fingerprint density at radius 1 is 0.781 bits per heavy atom. The van der Waals surface area contributed by atoms with E-state index in [1.54, 1.807) is 6.21 Å². The third kappa shape index (κ3) is 3.26. The lowest BCUT2D eigenvalue weighted by Gasteiger charge is -2.50. The van der Waals surface area contributed by atoms with Crippen LogP contribution in [0.2, 0.25) is 10.4 Å². The summed E-state index contributed by atoms with van der Waals surface area (Å²) >= 11 is 0. The fourth-order valence-electron chi connectivity index (χ4n) is 5.23. The van der Waals surface area contributed by atoms with Crippen molar-refractivity contribution in [3.8, 4) is 6.07 Å². The number of aliphatic imine (C=N–C) groups is 1. The highest BCUT2D eigenvalue weighted by molar-refractivity contribution is 6.87. The van der Waals surface area contributed by atoms with E-state index in [9.17, 15) is 5.26 Å². The molecule has 0 spiro atoms. The van der Waals surface area contributed by atoms with Crippen LogP contribution in [0.1, 0.15) is 27.7 Å². The van der Waals surface area contributed by atoms with Crippen LogP contribution in [-0.4, -0.2) is 85.5 Å². The molecule has 0 aromatic carbocycles. The van der Waals surface area contributed by atoms with E-state index in [0.717, 1.165) is 0 Å². The SMILES string of the molecule is CC1COB(C2(B3OCC(C)O3)C=NC=C(C#N)C2(B2OCC(C)O2)B2OCC(C)O2)O1. The molecule has 0 N–H and O–H groups in total. The van der Waals surface area contributed by atoms with Gasteiger partial charge >= 0.3 is 28.5 Å². The van der Waals surface area contributed by atoms with Crippen molar-refractivity contribution in [3.05, 3.63) is 11.8 Å². The maximum atomic E-state index is 10.3. The topological polar surface area (TPSA) is 110 Å². The number of hydrogen-bond donors (Lipinski definition) is 0. The predicted octanol–water partition coefficient (Wildman–Crippen LogP) is 0.731. The largest absolute Gasteiger partial charge is 0.467 e. The first kappa shape index (κ1) is 22.6. The van der Waals surface area contributed by atoms with Gasteiger partial charge in [-0.2, -0.15) is 5.26 Å². The van der Waals surface area contributed by atoms with Crippen molar-refractivity contribution in [3.63, 3.8) is 0 Å². The first-order chi connectivity index (χ1) is 15.4. The van der Waals surface area contributed by atoms with Gasteiger partial charge < -0.3 is 37.2 Å². The van der Waals surface area contributed by atoms with Crippen LogP contribution in [0.15, 0.2) is 16.8 Å². The fraction of sp³-hybridized carbons (Fsp3) is 0.778. The molecule has 14 heteroatoms. The van der Waals surface area contributed by atoms with Crippen molar-refractivity contribution >= 4 is 34.7 Å². The Hall–Kier alpha value is -1.16. The first-order valence-electron chi connectivity index (χ1n) is 11.1. The summed E-state index contributed by atoms with van der Waals surface area (Å²) in [6.45, 7) is 9.12. The Bertz CT molecular complexity index is 800. The quantitative estimate of drug-likeness (QED) is 0.583. The van der Waals surface area contributed by atoms with Crippen LogP contribution in [0.4, 0.5) is 0 Å². The van der Waals surface area contributed by atoms with E-state index in [4.69, 9.17) is 37.2 Å². The number of nitrogens with zero attached hydrogens (tertiary/aromatic N) is 2. The van der Waals surface area contributed by atoms with Crippen molar-refractivity contribution in [2.75, 3.05) is 26.4 Å². The molecule has 0 amide bonds. The van der Waals surface area contributed by atoms with Crippen LogP contribution in [0.3, 0.4) is 0 Å². The number of nitriles is 1. The van der Waals surface area contributed by atoms with Crippen LogP contribution >= 0.6 is 0 Å². The smallest absolute Gasteiger partial charge is 0.408 e. The standard InChI is InChI=1S/C18H26B4N2O8/c1-12-7-25-19(29-12)17(20-26-8-13(2)30-20)11-24-6-16(5-23)18(17,21-27-9-14(3)31-21)22-28-10-15(4)32-22/h6,11-15H,7-10H2,1-4H3. The molecule has 0 aliphatic carbocycles. The van der Waals surface area contributed by atoms with Crippen LogP contribution in [0.25, 0.3) is 0 Å². The van der Waals surface area contributed by atoms with Crippen molar-refractivity contribution in [1.82, 2.24) is 0 Å². The average molecular weight is 442 g/mol. The summed E-state index contributed by atoms with van der Waals surface area (Å²) in [5.41, 5.74) is 0.275. The maximum Gasteiger partial charge on any atom is 0.467 e. The van der Waals surface area contributed by atoms with Crippen molar-refractivity contribution in [1.29, 1.82) is 5.26 Å². The van der Waals surface area contributed by atoms with Gasteiger partial charge in [-0.25, -0.2) is 0 Å². The van der Waals surface area contributed by atoms with Crippen LogP contribution in [0.5, 0.6) is 0 Å². The normalized spacial score (nSPS) is 42.2. The van der Waals surface area contributed by atoms with Gasteiger partial charge in [-0.1, -0.05) is 0 Å². The fourth-order valence-corrected chi connectivity index (χ4v) is 5.23. The second kappa shape index (κ2) is 8.56. The van der Waals surface area contributed by atoms with Gasteiger partial charge in [0.15, 0.2) is 0 Å². The lowest BCUT2D eigenvalue weighted by Crippen LogP contribution is -2.67. The molecule has 4 saturated heterocycles. The monoisotopic (exact) mass is 442 g/mol. The van der Waals surface area contributed by atoms with Gasteiger partial charge in [0.05, 0.1) is 72.9 Å². The Morgan fingerprint density at radius 3 is 1.53 bits per heavy atom. The molecule has 0 bridgehead atoms. The number of rotatable bonds is 4. The summed E-state index contributed by atoms with van der Waals surface area (Å²) in [5.74, 6) is 0. The third-order valence-electron chi connectivity index (χ3n) is 6.65. The zero-order chi connectivity index (χ0) is 22.5. The molecule has 5 rings (SSSR count). The Morgan fingerprint density at radius 2 is 1.19 bits per heavy atom. The van der Waals surface area contributed by atoms with Crippen LogP contribution in [-0.2, 0) is 37.2 Å². The molecule has 32 heavy (non-hydrogen) atoms. The molecule has 4 fully saturated rings. The molecule has 5 heterocycles. The number of allylic oxidation sites excluding steroid dienone is 1. The molecule has 4 unspecified atom stereocenters. The summed E-state index contributed by atoms with van der Waals surface area (Å²) in [6.07, 6.45) is 2.45. The molecule has 0 aromatic rings. The van der Waals surface area contributed by atoms with Gasteiger partial charge in [-0.05, 0) is 27.7 Å². The zero-order valence-corrected chi connectivity index (χ0v) is 18.8. The molecule has 0 aromatic heterocycles. The molecule has 5 aliphatic rings. The molecule has 5 aliphatic heterocycles. The highest BCUT2D eigenvalue weighted by Gasteiger charge is 2.82. The lowest BCUT2D eigenvalue weighted by atomic mass is 9.14. The predicted molar refractivity (Wildman–Crippen MR) is 117 cm³/mol. The van der Waals surface area contributed by atoms with Crippen molar-refractivity contribution < 1.29 is 37.2 Å². The van der Waals surface area contributed by atoms with Gasteiger partial charge in [0.25, 0.3) is 0 Å². The van der Waals surface area contributed by atoms with E-state index in [0.29, 0.717) is 26.4 Å². The summed E-state index contributed by atoms with van der Waals surface area (Å²) < 4.78 is 49.6. The van der Waals surface area contributed by atoms with E-state index in [-0.39, 0.29) is 30.0 Å². The first-order valence-corrected chi connectivity index (χ1v) is 11.1. The third-order valence-corrected chi connectivity index (χ3v) is 6.65. The zero-order valence-electron chi connectivity index (χ0n) is 18.8. The van der Waals surface area contributed by atoms with Gasteiger partial charge in [-0.15, -0.1) is 0 Å². The van der Waals surface area contributed by atoms with E-state index < -0.39 is 38.9 Å². The van der Waals surface area contributed by atoms with Crippen LogP contribution < -0.4 is 0 Å². The van der Waals surface area contributed by atoms with Gasteiger partial charge in [0.1, 0.15) is 0 Å². The average Bonchev–Trinajstić information content (AvgIpc) is 3.56. The van der Waals surface area contributed by atoms with E-state index in [1.807, 2.05) is 27.7 Å². The summed E-state index contributed by atoms with van der Waals surface area (Å²) in [4.78, 5) is 4.45. The molecule has 4 atom stereocenters. The van der Waals surface area contributed by atoms with Gasteiger partial charge in [0, 0.05) is 12.4 Å². The van der Waals surface area contributed by atoms with E-state index in [1.165, 1.54) is 6.20 Å². The minimum absolute atomic E-state index is 0.174. The Labute approximate surface area is 189 Å². The Kier molecular flexibility index (Phi) is 6.05. The van der Waals surface area contributed by atoms with E-state index >= 15 is 0 Å². The van der Waals surface area contributed by atoms with Crippen molar-refractivity contribution in [2.24, 2.45) is 4.99 Å². The highest BCUT2D eigenvalue weighted by Crippen LogP contribution is 2.67. The minimum Gasteiger partial charge on any atom is -0.408 e. The van der Waals surface area contributed by atoms with Crippen LogP contribution in [0, 0.1) is 11.3 Å².